The summed E-state index contributed by atoms with van der Waals surface area (Å²) in [6.45, 7) is 3.84. The highest BCUT2D eigenvalue weighted by Crippen LogP contribution is 2.38. The van der Waals surface area contributed by atoms with Crippen molar-refractivity contribution in [1.82, 2.24) is 4.98 Å². The van der Waals surface area contributed by atoms with Gasteiger partial charge in [-0.1, -0.05) is 23.7 Å². The third kappa shape index (κ3) is 4.10. The van der Waals surface area contributed by atoms with Crippen LogP contribution in [0.3, 0.4) is 0 Å². The number of carboxylic acid groups (broad SMARTS) is 1. The van der Waals surface area contributed by atoms with E-state index < -0.39 is 5.97 Å². The molecule has 2 heterocycles. The summed E-state index contributed by atoms with van der Waals surface area (Å²) in [5, 5.41) is 23.0. The maximum Gasteiger partial charge on any atom is 0.348 e. The van der Waals surface area contributed by atoms with Gasteiger partial charge in [-0.2, -0.15) is 0 Å². The Balaban J connectivity index is 2.14. The van der Waals surface area contributed by atoms with E-state index in [2.05, 4.69) is 15.3 Å². The van der Waals surface area contributed by atoms with Gasteiger partial charge in [0.05, 0.1) is 30.4 Å². The summed E-state index contributed by atoms with van der Waals surface area (Å²) in [5.74, 6) is -0.490. The number of aliphatic hydroxyl groups excluding tert-OH is 1. The minimum atomic E-state index is -1.03. The molecule has 0 atom stereocenters. The zero-order valence-electron chi connectivity index (χ0n) is 14.8. The Morgan fingerprint density at radius 3 is 2.67 bits per heavy atom. The van der Waals surface area contributed by atoms with Crippen LogP contribution in [-0.4, -0.2) is 40.2 Å². The summed E-state index contributed by atoms with van der Waals surface area (Å²) >= 11 is 7.07. The number of carboxylic acids is 1. The summed E-state index contributed by atoms with van der Waals surface area (Å²) in [6.07, 6.45) is 0. The highest BCUT2D eigenvalue weighted by Gasteiger charge is 2.21. The molecule has 3 aromatic rings. The summed E-state index contributed by atoms with van der Waals surface area (Å²) < 4.78 is 0. The smallest absolute Gasteiger partial charge is 0.348 e. The van der Waals surface area contributed by atoms with E-state index >= 15 is 0 Å². The summed E-state index contributed by atoms with van der Waals surface area (Å²) in [4.78, 5) is 21.4. The summed E-state index contributed by atoms with van der Waals surface area (Å²) in [5.41, 5.74) is 3.05. The first-order valence-electron chi connectivity index (χ1n) is 8.23. The first-order chi connectivity index (χ1) is 12.9. The Bertz CT molecular complexity index is 1030. The highest BCUT2D eigenvalue weighted by atomic mass is 35.5. The number of aliphatic imine (C=N–C) groups is 1. The number of nitrogens with zero attached hydrogens (tertiary/aromatic N) is 2. The minimum absolute atomic E-state index is 0.0692. The lowest BCUT2D eigenvalue weighted by atomic mass is 10.1. The number of aromatic carboxylic acids is 1. The number of hydrogen-bond acceptors (Lipinski definition) is 5. The van der Waals surface area contributed by atoms with E-state index in [1.54, 1.807) is 19.1 Å². The van der Waals surface area contributed by atoms with Gasteiger partial charge in [0.25, 0.3) is 0 Å². The normalized spacial score (nSPS) is 11.8. The van der Waals surface area contributed by atoms with Gasteiger partial charge in [0.15, 0.2) is 0 Å². The maximum absolute atomic E-state index is 11.7. The number of thiophene rings is 1. The van der Waals surface area contributed by atoms with E-state index in [0.29, 0.717) is 21.4 Å². The molecule has 0 aliphatic carbocycles. The third-order valence-electron chi connectivity index (χ3n) is 3.95. The van der Waals surface area contributed by atoms with Crippen LogP contribution in [0.1, 0.15) is 22.2 Å². The number of hydrogen-bond donors (Lipinski definition) is 3. The van der Waals surface area contributed by atoms with Crippen molar-refractivity contribution in [2.45, 2.75) is 13.8 Å². The topological polar surface area (TPSA) is 94.8 Å². The minimum Gasteiger partial charge on any atom is -0.477 e. The molecule has 0 aliphatic heterocycles. The standard InChI is InChI=1S/C19H18ClN3O3S/c1-10-9-14(12-3-5-13(20)6-4-12)23-18-15(10)16(17(27-18)19(25)26)22-11(2)21-7-8-24/h3-6,9,24H,7-8H2,1-2H3,(H,21,22)(H,25,26). The molecule has 0 spiro atoms. The van der Waals surface area contributed by atoms with Gasteiger partial charge < -0.3 is 15.5 Å². The molecule has 0 bridgehead atoms. The van der Waals surface area contributed by atoms with E-state index in [0.717, 1.165) is 33.5 Å². The van der Waals surface area contributed by atoms with Crippen molar-refractivity contribution in [2.75, 3.05) is 18.5 Å². The Hall–Kier alpha value is -2.48. The number of aryl methyl sites for hydroxylation is 1. The number of aliphatic hydroxyl groups is 1. The fraction of sp³-hybridized carbons (Fsp3) is 0.211. The number of anilines is 1. The second-order valence-corrected chi connectivity index (χ2v) is 7.37. The van der Waals surface area contributed by atoms with E-state index in [4.69, 9.17) is 16.7 Å². The van der Waals surface area contributed by atoms with Crippen molar-refractivity contribution >= 4 is 50.6 Å². The average molecular weight is 404 g/mol. The van der Waals surface area contributed by atoms with Crippen molar-refractivity contribution in [1.29, 1.82) is 0 Å². The fourth-order valence-electron chi connectivity index (χ4n) is 2.76. The number of nitrogens with one attached hydrogen (secondary N) is 1. The SMILES string of the molecule is CC(=NCCO)Nc1c(C(=O)O)sc2nc(-c3ccc(Cl)cc3)cc(C)c12. The molecule has 0 unspecified atom stereocenters. The molecular formula is C19H18ClN3O3S. The number of aromatic nitrogens is 1. The van der Waals surface area contributed by atoms with Gasteiger partial charge >= 0.3 is 5.97 Å². The molecule has 6 nitrogen and oxygen atoms in total. The van der Waals surface area contributed by atoms with Crippen LogP contribution in [-0.2, 0) is 0 Å². The van der Waals surface area contributed by atoms with E-state index in [-0.39, 0.29) is 18.0 Å². The van der Waals surface area contributed by atoms with Crippen LogP contribution < -0.4 is 5.32 Å². The van der Waals surface area contributed by atoms with Crippen molar-refractivity contribution in [3.63, 3.8) is 0 Å². The zero-order chi connectivity index (χ0) is 19.6. The molecule has 140 valence electrons. The predicted molar refractivity (Wildman–Crippen MR) is 110 cm³/mol. The first-order valence-corrected chi connectivity index (χ1v) is 9.42. The number of fused-ring (bicyclic) bond motifs is 1. The van der Waals surface area contributed by atoms with E-state index in [1.807, 2.05) is 25.1 Å². The maximum atomic E-state index is 11.7. The largest absolute Gasteiger partial charge is 0.477 e. The molecule has 0 aliphatic rings. The number of carbonyl (C=O) groups is 1. The molecule has 0 radical (unpaired) electrons. The van der Waals surface area contributed by atoms with Gasteiger partial charge in [-0.05, 0) is 37.6 Å². The van der Waals surface area contributed by atoms with E-state index in [1.165, 1.54) is 0 Å². The predicted octanol–water partition coefficient (Wildman–Crippen LogP) is 4.45. The molecule has 3 rings (SSSR count). The van der Waals surface area contributed by atoms with Crippen LogP contribution in [0.2, 0.25) is 5.02 Å². The molecular weight excluding hydrogens is 386 g/mol. The lowest BCUT2D eigenvalue weighted by Crippen LogP contribution is -2.11. The number of rotatable bonds is 5. The Kier molecular flexibility index (Phi) is 5.74. The molecule has 8 heteroatoms. The molecule has 27 heavy (non-hydrogen) atoms. The molecule has 0 amide bonds. The van der Waals surface area contributed by atoms with Gasteiger partial charge in [-0.3, -0.25) is 4.99 Å². The Morgan fingerprint density at radius 2 is 2.04 bits per heavy atom. The lowest BCUT2D eigenvalue weighted by Gasteiger charge is -2.09. The lowest BCUT2D eigenvalue weighted by molar-refractivity contribution is 0.0703. The van der Waals surface area contributed by atoms with Crippen molar-refractivity contribution in [3.8, 4) is 11.3 Å². The summed E-state index contributed by atoms with van der Waals surface area (Å²) in [7, 11) is 0. The third-order valence-corrected chi connectivity index (χ3v) is 5.27. The summed E-state index contributed by atoms with van der Waals surface area (Å²) in [6, 6.07) is 9.28. The van der Waals surface area contributed by atoms with Gasteiger partial charge in [-0.25, -0.2) is 9.78 Å². The second kappa shape index (κ2) is 8.04. The van der Waals surface area contributed by atoms with Crippen LogP contribution in [0.15, 0.2) is 35.3 Å². The Labute approximate surface area is 165 Å². The van der Waals surface area contributed by atoms with E-state index in [9.17, 15) is 9.90 Å². The molecule has 0 saturated carbocycles. The average Bonchev–Trinajstić information content (AvgIpc) is 2.99. The monoisotopic (exact) mass is 403 g/mol. The van der Waals surface area contributed by atoms with Crippen LogP contribution in [0.5, 0.6) is 0 Å². The number of benzene rings is 1. The van der Waals surface area contributed by atoms with Gasteiger partial charge in [0, 0.05) is 16.0 Å². The van der Waals surface area contributed by atoms with Gasteiger partial charge in [0.1, 0.15) is 9.71 Å². The fourth-order valence-corrected chi connectivity index (χ4v) is 3.93. The van der Waals surface area contributed by atoms with Crippen molar-refractivity contribution < 1.29 is 15.0 Å². The van der Waals surface area contributed by atoms with Crippen LogP contribution in [0.4, 0.5) is 5.69 Å². The van der Waals surface area contributed by atoms with Crippen molar-refractivity contribution in [3.05, 3.63) is 45.8 Å². The number of halogens is 1. The zero-order valence-corrected chi connectivity index (χ0v) is 16.4. The quantitative estimate of drug-likeness (QED) is 0.432. The second-order valence-electron chi connectivity index (χ2n) is 5.94. The molecule has 0 fully saturated rings. The molecule has 3 N–H and O–H groups in total. The number of pyridine rings is 1. The first kappa shape index (κ1) is 19.3. The Morgan fingerprint density at radius 1 is 1.33 bits per heavy atom. The van der Waals surface area contributed by atoms with Crippen LogP contribution in [0.25, 0.3) is 21.5 Å². The number of amidine groups is 1. The van der Waals surface area contributed by atoms with Crippen LogP contribution in [0, 0.1) is 6.92 Å². The molecule has 0 saturated heterocycles. The molecule has 1 aromatic carbocycles. The van der Waals surface area contributed by atoms with Gasteiger partial charge in [-0.15, -0.1) is 11.3 Å². The molecule has 2 aromatic heterocycles. The van der Waals surface area contributed by atoms with Crippen LogP contribution >= 0.6 is 22.9 Å². The highest BCUT2D eigenvalue weighted by molar-refractivity contribution is 7.21. The van der Waals surface area contributed by atoms with Gasteiger partial charge in [0.2, 0.25) is 0 Å². The van der Waals surface area contributed by atoms with Crippen molar-refractivity contribution in [2.24, 2.45) is 4.99 Å².